The maximum Gasteiger partial charge on any atom is 0.416 e. The minimum absolute atomic E-state index is 0.0313. The molecule has 2 N–H and O–H groups in total. The molecule has 190 valence electrons. The summed E-state index contributed by atoms with van der Waals surface area (Å²) in [7, 11) is -4.19. The first-order valence-electron chi connectivity index (χ1n) is 10.9. The number of carbonyl (C=O) groups is 2. The molecule has 2 aromatic carbocycles. The minimum atomic E-state index is -4.74. The SMILES string of the molecule is CS(=O)(=O)N(CC(=O)Nc1ccccc1C(=O)NC1CCCCC1)c1cc(C(F)(F)F)ccc1Cl. The molecule has 0 aromatic heterocycles. The summed E-state index contributed by atoms with van der Waals surface area (Å²) in [5.41, 5.74) is -1.26. The van der Waals surface area contributed by atoms with Gasteiger partial charge >= 0.3 is 6.18 Å². The van der Waals surface area contributed by atoms with Crippen LogP contribution < -0.4 is 14.9 Å². The molecule has 0 atom stereocenters. The molecule has 0 bridgehead atoms. The van der Waals surface area contributed by atoms with Gasteiger partial charge in [0.05, 0.1) is 33.8 Å². The Morgan fingerprint density at radius 3 is 2.37 bits per heavy atom. The van der Waals surface area contributed by atoms with E-state index in [4.69, 9.17) is 11.6 Å². The number of anilines is 2. The van der Waals surface area contributed by atoms with E-state index in [0.717, 1.165) is 44.4 Å². The lowest BCUT2D eigenvalue weighted by Gasteiger charge is -2.25. The highest BCUT2D eigenvalue weighted by atomic mass is 35.5. The Morgan fingerprint density at radius 1 is 1.09 bits per heavy atom. The van der Waals surface area contributed by atoms with Crippen LogP contribution in [0.2, 0.25) is 5.02 Å². The summed E-state index contributed by atoms with van der Waals surface area (Å²) in [6.07, 6.45) is 0.887. The number of hydrogen-bond acceptors (Lipinski definition) is 4. The number of nitrogens with one attached hydrogen (secondary N) is 2. The van der Waals surface area contributed by atoms with Crippen LogP contribution in [0.1, 0.15) is 48.0 Å². The number of hydrogen-bond donors (Lipinski definition) is 2. The van der Waals surface area contributed by atoms with E-state index >= 15 is 0 Å². The van der Waals surface area contributed by atoms with Crippen LogP contribution in [0, 0.1) is 0 Å². The number of benzene rings is 2. The first-order valence-corrected chi connectivity index (χ1v) is 13.1. The normalized spacial score (nSPS) is 14.9. The number of sulfonamides is 1. The summed E-state index contributed by atoms with van der Waals surface area (Å²) in [6.45, 7) is -0.849. The molecule has 1 aliphatic carbocycles. The molecule has 0 aliphatic heterocycles. The standard InChI is InChI=1S/C23H25ClF3N3O4S/c1-35(33,34)30(20-13-15(23(25,26)27)11-12-18(20)24)14-21(31)29-19-10-6-5-9-17(19)22(32)28-16-7-3-2-4-8-16/h5-6,9-13,16H,2-4,7-8,14H2,1H3,(H,28,32)(H,29,31). The predicted octanol–water partition coefficient (Wildman–Crippen LogP) is 4.83. The second-order valence-corrected chi connectivity index (χ2v) is 10.6. The summed E-state index contributed by atoms with van der Waals surface area (Å²) in [6, 6.07) is 8.45. The molecule has 2 amide bonds. The van der Waals surface area contributed by atoms with Gasteiger partial charge in [-0.05, 0) is 43.2 Å². The zero-order valence-corrected chi connectivity index (χ0v) is 20.4. The molecule has 0 radical (unpaired) electrons. The molecular formula is C23H25ClF3N3O4S. The Morgan fingerprint density at radius 2 is 1.74 bits per heavy atom. The zero-order chi connectivity index (χ0) is 25.8. The van der Waals surface area contributed by atoms with Crippen molar-refractivity contribution in [1.82, 2.24) is 5.32 Å². The van der Waals surface area contributed by atoms with E-state index in [1.807, 2.05) is 0 Å². The zero-order valence-electron chi connectivity index (χ0n) is 18.9. The summed E-state index contributed by atoms with van der Waals surface area (Å²) in [5, 5.41) is 5.17. The fourth-order valence-corrected chi connectivity index (χ4v) is 5.01. The molecular weight excluding hydrogens is 507 g/mol. The van der Waals surface area contributed by atoms with Gasteiger partial charge in [-0.15, -0.1) is 0 Å². The highest BCUT2D eigenvalue weighted by Crippen LogP contribution is 2.36. The van der Waals surface area contributed by atoms with Crippen molar-refractivity contribution in [3.05, 3.63) is 58.6 Å². The lowest BCUT2D eigenvalue weighted by Crippen LogP contribution is -2.39. The van der Waals surface area contributed by atoms with E-state index in [2.05, 4.69) is 10.6 Å². The van der Waals surface area contributed by atoms with Crippen molar-refractivity contribution in [2.24, 2.45) is 0 Å². The van der Waals surface area contributed by atoms with Crippen molar-refractivity contribution in [3.63, 3.8) is 0 Å². The number of carbonyl (C=O) groups excluding carboxylic acids is 2. The van der Waals surface area contributed by atoms with E-state index in [-0.39, 0.29) is 28.2 Å². The van der Waals surface area contributed by atoms with Gasteiger partial charge in [0.25, 0.3) is 5.91 Å². The van der Waals surface area contributed by atoms with E-state index in [9.17, 15) is 31.2 Å². The average molecular weight is 532 g/mol. The van der Waals surface area contributed by atoms with E-state index < -0.39 is 39.9 Å². The lowest BCUT2D eigenvalue weighted by molar-refractivity contribution is -0.137. The minimum Gasteiger partial charge on any atom is -0.349 e. The fourth-order valence-electron chi connectivity index (χ4n) is 3.88. The second kappa shape index (κ2) is 10.9. The molecule has 2 aromatic rings. The van der Waals surface area contributed by atoms with Gasteiger partial charge in [0.2, 0.25) is 15.9 Å². The van der Waals surface area contributed by atoms with E-state index in [1.54, 1.807) is 12.1 Å². The molecule has 1 fully saturated rings. The quantitative estimate of drug-likeness (QED) is 0.535. The molecule has 35 heavy (non-hydrogen) atoms. The van der Waals surface area contributed by atoms with E-state index in [1.165, 1.54) is 12.1 Å². The lowest BCUT2D eigenvalue weighted by atomic mass is 9.95. The second-order valence-electron chi connectivity index (χ2n) is 8.34. The monoisotopic (exact) mass is 531 g/mol. The van der Waals surface area contributed by atoms with Crippen LogP contribution in [0.15, 0.2) is 42.5 Å². The van der Waals surface area contributed by atoms with Gasteiger partial charge < -0.3 is 10.6 Å². The van der Waals surface area contributed by atoms with Gasteiger partial charge in [-0.3, -0.25) is 13.9 Å². The van der Waals surface area contributed by atoms with Crippen LogP contribution in [-0.2, 0) is 21.0 Å². The number of alkyl halides is 3. The molecule has 3 rings (SSSR count). The first kappa shape index (κ1) is 26.8. The summed E-state index contributed by atoms with van der Waals surface area (Å²) < 4.78 is 64.7. The predicted molar refractivity (Wildman–Crippen MR) is 128 cm³/mol. The maximum absolute atomic E-state index is 13.2. The van der Waals surface area contributed by atoms with Crippen molar-refractivity contribution < 1.29 is 31.2 Å². The number of rotatable bonds is 7. The van der Waals surface area contributed by atoms with Crippen molar-refractivity contribution in [2.75, 3.05) is 22.4 Å². The topological polar surface area (TPSA) is 95.6 Å². The maximum atomic E-state index is 13.2. The van der Waals surface area contributed by atoms with Crippen LogP contribution in [0.4, 0.5) is 24.5 Å². The van der Waals surface area contributed by atoms with Crippen LogP contribution in [0.25, 0.3) is 0 Å². The van der Waals surface area contributed by atoms with Gasteiger partial charge in [-0.2, -0.15) is 13.2 Å². The van der Waals surface area contributed by atoms with Crippen molar-refractivity contribution in [3.8, 4) is 0 Å². The Hall–Kier alpha value is -2.79. The molecule has 0 saturated heterocycles. The van der Waals surface area contributed by atoms with Crippen LogP contribution >= 0.6 is 11.6 Å². The third-order valence-corrected chi connectivity index (χ3v) is 7.06. The van der Waals surface area contributed by atoms with Crippen molar-refractivity contribution in [2.45, 2.75) is 44.3 Å². The van der Waals surface area contributed by atoms with Crippen LogP contribution in [-0.4, -0.2) is 39.1 Å². The molecule has 1 aliphatic rings. The molecule has 1 saturated carbocycles. The Bertz CT molecular complexity index is 1200. The Balaban J connectivity index is 1.82. The van der Waals surface area contributed by atoms with Gasteiger partial charge in [0.1, 0.15) is 6.54 Å². The summed E-state index contributed by atoms with van der Waals surface area (Å²) in [4.78, 5) is 25.6. The van der Waals surface area contributed by atoms with Crippen LogP contribution in [0.3, 0.4) is 0 Å². The summed E-state index contributed by atoms with van der Waals surface area (Å²) in [5.74, 6) is -1.24. The number of para-hydroxylation sites is 1. The number of amides is 2. The number of nitrogens with zero attached hydrogens (tertiary/aromatic N) is 1. The molecule has 0 unspecified atom stereocenters. The first-order chi connectivity index (χ1) is 16.4. The van der Waals surface area contributed by atoms with Crippen molar-refractivity contribution >= 4 is 44.8 Å². The van der Waals surface area contributed by atoms with Gasteiger partial charge in [0, 0.05) is 6.04 Å². The third-order valence-electron chi connectivity index (χ3n) is 5.62. The highest BCUT2D eigenvalue weighted by molar-refractivity contribution is 7.92. The number of halogens is 4. The molecule has 0 heterocycles. The molecule has 12 heteroatoms. The fraction of sp³-hybridized carbons (Fsp3) is 0.391. The smallest absolute Gasteiger partial charge is 0.349 e. The summed E-state index contributed by atoms with van der Waals surface area (Å²) >= 11 is 5.99. The largest absolute Gasteiger partial charge is 0.416 e. The van der Waals surface area contributed by atoms with E-state index in [0.29, 0.717) is 16.4 Å². The third kappa shape index (κ3) is 7.11. The van der Waals surface area contributed by atoms with Gasteiger partial charge in [0.15, 0.2) is 0 Å². The van der Waals surface area contributed by atoms with Gasteiger partial charge in [-0.25, -0.2) is 8.42 Å². The Labute approximate surface area is 206 Å². The van der Waals surface area contributed by atoms with Crippen LogP contribution in [0.5, 0.6) is 0 Å². The van der Waals surface area contributed by atoms with Crippen molar-refractivity contribution in [1.29, 1.82) is 0 Å². The van der Waals surface area contributed by atoms with Gasteiger partial charge in [-0.1, -0.05) is 43.0 Å². The average Bonchev–Trinajstić information content (AvgIpc) is 2.77. The molecule has 0 spiro atoms. The molecule has 7 nitrogen and oxygen atoms in total. The highest BCUT2D eigenvalue weighted by Gasteiger charge is 2.33. The Kier molecular flexibility index (Phi) is 8.32.